The highest BCUT2D eigenvalue weighted by Gasteiger charge is 2.35. The molecule has 0 saturated carbocycles. The number of hydrogen-bond donors (Lipinski definition) is 1. The van der Waals surface area contributed by atoms with Crippen molar-refractivity contribution < 1.29 is 9.72 Å². The summed E-state index contributed by atoms with van der Waals surface area (Å²) in [7, 11) is 0. The summed E-state index contributed by atoms with van der Waals surface area (Å²) < 4.78 is 0. The van der Waals surface area contributed by atoms with Crippen molar-refractivity contribution in [2.45, 2.75) is 52.0 Å². The Labute approximate surface area is 176 Å². The fraction of sp³-hybridized carbons (Fsp3) is 0.391. The van der Waals surface area contributed by atoms with E-state index in [0.29, 0.717) is 5.92 Å². The number of rotatable bonds is 6. The molecule has 1 unspecified atom stereocenters. The Morgan fingerprint density at radius 1 is 1.33 bits per heavy atom. The number of nitro benzene ring substituents is 1. The summed E-state index contributed by atoms with van der Waals surface area (Å²) >= 11 is 0. The SMILES string of the molecule is CCCN1c2ccc(/C=N\NC(=O)c3cccc([N+](=O)[O-])c3)cc2C(C)CC1(C)C. The van der Waals surface area contributed by atoms with Crippen molar-refractivity contribution >= 4 is 23.5 Å². The molecular weight excluding hydrogens is 380 g/mol. The molecule has 7 nitrogen and oxygen atoms in total. The molecule has 30 heavy (non-hydrogen) atoms. The first kappa shape index (κ1) is 21.5. The predicted octanol–water partition coefficient (Wildman–Crippen LogP) is 4.86. The number of anilines is 1. The van der Waals surface area contributed by atoms with Gasteiger partial charge in [-0.05, 0) is 61.9 Å². The number of non-ortho nitro benzene ring substituents is 1. The molecule has 158 valence electrons. The maximum atomic E-state index is 12.2. The fourth-order valence-electron chi connectivity index (χ4n) is 4.23. The van der Waals surface area contributed by atoms with Gasteiger partial charge in [0, 0.05) is 35.5 Å². The highest BCUT2D eigenvalue weighted by molar-refractivity contribution is 5.95. The van der Waals surface area contributed by atoms with Crippen LogP contribution in [0.3, 0.4) is 0 Å². The number of nitrogens with zero attached hydrogens (tertiary/aromatic N) is 3. The van der Waals surface area contributed by atoms with Crippen molar-refractivity contribution in [1.29, 1.82) is 0 Å². The lowest BCUT2D eigenvalue weighted by molar-refractivity contribution is -0.384. The maximum absolute atomic E-state index is 12.2. The third-order valence-electron chi connectivity index (χ3n) is 5.56. The van der Waals surface area contributed by atoms with Crippen molar-refractivity contribution in [3.8, 4) is 0 Å². The number of hydrogen-bond acceptors (Lipinski definition) is 5. The minimum Gasteiger partial charge on any atom is -0.366 e. The topological polar surface area (TPSA) is 87.8 Å². The summed E-state index contributed by atoms with van der Waals surface area (Å²) in [6.07, 6.45) is 3.76. The monoisotopic (exact) mass is 408 g/mol. The second kappa shape index (κ2) is 8.65. The molecule has 1 aliphatic rings. The van der Waals surface area contributed by atoms with Gasteiger partial charge in [0.15, 0.2) is 0 Å². The van der Waals surface area contributed by atoms with E-state index in [2.05, 4.69) is 55.3 Å². The number of nitrogens with one attached hydrogen (secondary N) is 1. The van der Waals surface area contributed by atoms with E-state index < -0.39 is 10.8 Å². The van der Waals surface area contributed by atoms with Crippen LogP contribution in [0.5, 0.6) is 0 Å². The molecule has 0 aliphatic carbocycles. The second-order valence-electron chi connectivity index (χ2n) is 8.39. The Balaban J connectivity index is 1.76. The van der Waals surface area contributed by atoms with Gasteiger partial charge in [-0.25, -0.2) is 5.43 Å². The molecule has 0 spiro atoms. The molecule has 1 amide bonds. The number of fused-ring (bicyclic) bond motifs is 1. The number of benzene rings is 2. The minimum atomic E-state index is -0.530. The summed E-state index contributed by atoms with van der Waals surface area (Å²) in [4.78, 5) is 25.0. The zero-order chi connectivity index (χ0) is 21.9. The summed E-state index contributed by atoms with van der Waals surface area (Å²) in [5, 5.41) is 14.9. The Bertz CT molecular complexity index is 984. The van der Waals surface area contributed by atoms with Crippen LogP contribution in [-0.2, 0) is 0 Å². The van der Waals surface area contributed by atoms with Crippen molar-refractivity contribution in [3.05, 3.63) is 69.3 Å². The number of hydrazone groups is 1. The Morgan fingerprint density at radius 3 is 2.80 bits per heavy atom. The number of carbonyl (C=O) groups is 1. The van der Waals surface area contributed by atoms with E-state index in [1.165, 1.54) is 35.5 Å². The van der Waals surface area contributed by atoms with Gasteiger partial charge in [0.2, 0.25) is 0 Å². The molecule has 0 saturated heterocycles. The molecule has 1 heterocycles. The Morgan fingerprint density at radius 2 is 2.10 bits per heavy atom. The van der Waals surface area contributed by atoms with E-state index in [9.17, 15) is 14.9 Å². The van der Waals surface area contributed by atoms with Crippen molar-refractivity contribution in [3.63, 3.8) is 0 Å². The first-order chi connectivity index (χ1) is 14.2. The predicted molar refractivity (Wildman–Crippen MR) is 119 cm³/mol. The number of amides is 1. The van der Waals surface area contributed by atoms with Crippen LogP contribution in [0.15, 0.2) is 47.6 Å². The largest absolute Gasteiger partial charge is 0.366 e. The molecular formula is C23H28N4O3. The van der Waals surface area contributed by atoms with Crippen LogP contribution in [0.25, 0.3) is 0 Å². The molecule has 0 fully saturated rings. The normalized spacial score (nSPS) is 17.6. The van der Waals surface area contributed by atoms with E-state index >= 15 is 0 Å². The van der Waals surface area contributed by atoms with Gasteiger partial charge in [0.1, 0.15) is 0 Å². The Hall–Kier alpha value is -3.22. The summed E-state index contributed by atoms with van der Waals surface area (Å²) in [5.74, 6) is -0.0620. The second-order valence-corrected chi connectivity index (χ2v) is 8.39. The zero-order valence-electron chi connectivity index (χ0n) is 17.9. The third kappa shape index (κ3) is 4.50. The highest BCUT2D eigenvalue weighted by Crippen LogP contribution is 2.43. The highest BCUT2D eigenvalue weighted by atomic mass is 16.6. The van der Waals surface area contributed by atoms with Gasteiger partial charge < -0.3 is 4.90 Å². The van der Waals surface area contributed by atoms with Crippen LogP contribution >= 0.6 is 0 Å². The smallest absolute Gasteiger partial charge is 0.271 e. The lowest BCUT2D eigenvalue weighted by Gasteiger charge is -2.47. The van der Waals surface area contributed by atoms with Gasteiger partial charge in [0.25, 0.3) is 11.6 Å². The summed E-state index contributed by atoms with van der Waals surface area (Å²) in [6.45, 7) is 10.0. The zero-order valence-corrected chi connectivity index (χ0v) is 17.9. The lowest BCUT2D eigenvalue weighted by Crippen LogP contribution is -2.48. The van der Waals surface area contributed by atoms with Crippen molar-refractivity contribution in [2.75, 3.05) is 11.4 Å². The quantitative estimate of drug-likeness (QED) is 0.420. The van der Waals surface area contributed by atoms with Gasteiger partial charge in [0.05, 0.1) is 11.1 Å². The Kier molecular flexibility index (Phi) is 6.20. The summed E-state index contributed by atoms with van der Waals surface area (Å²) in [5.41, 5.74) is 6.07. The molecule has 2 aromatic carbocycles. The molecule has 2 aromatic rings. The molecule has 1 atom stereocenters. The van der Waals surface area contributed by atoms with Crippen LogP contribution in [0.1, 0.15) is 67.9 Å². The molecule has 1 N–H and O–H groups in total. The average molecular weight is 409 g/mol. The standard InChI is InChI=1S/C23H28N4O3/c1-5-11-26-21-10-9-17(12-20(21)16(2)14-23(26,3)4)15-24-25-22(28)18-7-6-8-19(13-18)27(29)30/h6-10,12-13,15-16H,5,11,14H2,1-4H3,(H,25,28)/b24-15-. The van der Waals surface area contributed by atoms with E-state index in [4.69, 9.17) is 0 Å². The molecule has 0 aromatic heterocycles. The van der Waals surface area contributed by atoms with Crippen LogP contribution in [-0.4, -0.2) is 29.1 Å². The van der Waals surface area contributed by atoms with Crippen molar-refractivity contribution in [2.24, 2.45) is 5.10 Å². The van der Waals surface area contributed by atoms with Gasteiger partial charge >= 0.3 is 0 Å². The molecule has 0 radical (unpaired) electrons. The molecule has 7 heteroatoms. The van der Waals surface area contributed by atoms with Crippen LogP contribution in [0.2, 0.25) is 0 Å². The number of carbonyl (C=O) groups excluding carboxylic acids is 1. The van der Waals surface area contributed by atoms with Gasteiger partial charge in [-0.1, -0.05) is 26.0 Å². The lowest BCUT2D eigenvalue weighted by atomic mass is 9.79. The molecule has 1 aliphatic heterocycles. The van der Waals surface area contributed by atoms with E-state index in [0.717, 1.165) is 24.9 Å². The van der Waals surface area contributed by atoms with E-state index in [-0.39, 0.29) is 16.8 Å². The van der Waals surface area contributed by atoms with E-state index in [1.54, 1.807) is 6.21 Å². The van der Waals surface area contributed by atoms with E-state index in [1.807, 2.05) is 6.07 Å². The van der Waals surface area contributed by atoms with Gasteiger partial charge in [-0.15, -0.1) is 0 Å². The van der Waals surface area contributed by atoms with Crippen LogP contribution < -0.4 is 10.3 Å². The maximum Gasteiger partial charge on any atom is 0.271 e. The molecule has 3 rings (SSSR count). The average Bonchev–Trinajstić information content (AvgIpc) is 2.71. The molecule has 0 bridgehead atoms. The van der Waals surface area contributed by atoms with Crippen molar-refractivity contribution in [1.82, 2.24) is 5.43 Å². The first-order valence-electron chi connectivity index (χ1n) is 10.2. The third-order valence-corrected chi connectivity index (χ3v) is 5.56. The van der Waals surface area contributed by atoms with Gasteiger partial charge in [-0.3, -0.25) is 14.9 Å². The summed E-state index contributed by atoms with van der Waals surface area (Å²) in [6, 6.07) is 11.8. The fourth-order valence-corrected chi connectivity index (χ4v) is 4.23. The van der Waals surface area contributed by atoms with Gasteiger partial charge in [-0.2, -0.15) is 5.10 Å². The number of nitro groups is 1. The van der Waals surface area contributed by atoms with Crippen LogP contribution in [0.4, 0.5) is 11.4 Å². The first-order valence-corrected chi connectivity index (χ1v) is 10.2. The minimum absolute atomic E-state index is 0.115. The van der Waals surface area contributed by atoms with Crippen LogP contribution in [0, 0.1) is 10.1 Å².